The SMILES string of the molecule is CCOS(=O)(=O)OOc1ccc(Cl)cc1Cl.[NaH]. The molecular weight excluding hydrogens is 302 g/mol. The van der Waals surface area contributed by atoms with Crippen molar-refractivity contribution in [3.63, 3.8) is 0 Å². The van der Waals surface area contributed by atoms with Crippen molar-refractivity contribution in [2.75, 3.05) is 6.61 Å². The van der Waals surface area contributed by atoms with Crippen molar-refractivity contribution in [1.29, 1.82) is 0 Å². The molecule has 0 atom stereocenters. The zero-order chi connectivity index (χ0) is 12.2. The summed E-state index contributed by atoms with van der Waals surface area (Å²) in [7, 11) is -4.17. The number of hydrogen-bond acceptors (Lipinski definition) is 5. The molecule has 0 saturated heterocycles. The number of hydrogen-bond donors (Lipinski definition) is 0. The summed E-state index contributed by atoms with van der Waals surface area (Å²) < 4.78 is 30.3. The maximum absolute atomic E-state index is 10.9. The molecule has 1 aromatic rings. The molecule has 1 rings (SSSR count). The predicted molar refractivity (Wildman–Crippen MR) is 65.9 cm³/mol. The van der Waals surface area contributed by atoms with Gasteiger partial charge in [-0.05, 0) is 29.5 Å². The van der Waals surface area contributed by atoms with Crippen LogP contribution in [0.3, 0.4) is 0 Å². The Morgan fingerprint density at radius 1 is 1.29 bits per heavy atom. The van der Waals surface area contributed by atoms with E-state index in [-0.39, 0.29) is 46.9 Å². The van der Waals surface area contributed by atoms with Crippen molar-refractivity contribution in [2.45, 2.75) is 6.92 Å². The first kappa shape index (κ1) is 17.5. The molecule has 0 unspecified atom stereocenters. The van der Waals surface area contributed by atoms with Crippen molar-refractivity contribution in [3.05, 3.63) is 28.2 Å². The van der Waals surface area contributed by atoms with Crippen LogP contribution in [0.25, 0.3) is 0 Å². The average molecular weight is 311 g/mol. The third-order valence-electron chi connectivity index (χ3n) is 1.36. The van der Waals surface area contributed by atoms with Crippen LogP contribution in [0, 0.1) is 0 Å². The van der Waals surface area contributed by atoms with Gasteiger partial charge in [-0.15, -0.1) is 0 Å². The van der Waals surface area contributed by atoms with E-state index in [0.29, 0.717) is 5.02 Å². The number of halogens is 2. The first-order valence-electron chi connectivity index (χ1n) is 4.15. The summed E-state index contributed by atoms with van der Waals surface area (Å²) in [6, 6.07) is 4.22. The van der Waals surface area contributed by atoms with Crippen molar-refractivity contribution in [2.24, 2.45) is 0 Å². The molecule has 92 valence electrons. The van der Waals surface area contributed by atoms with E-state index in [1.807, 2.05) is 0 Å². The van der Waals surface area contributed by atoms with Gasteiger partial charge in [0.05, 0.1) is 11.6 Å². The Morgan fingerprint density at radius 2 is 1.94 bits per heavy atom. The maximum atomic E-state index is 10.9. The van der Waals surface area contributed by atoms with E-state index >= 15 is 0 Å². The molecule has 0 heterocycles. The van der Waals surface area contributed by atoms with Crippen LogP contribution in [0.4, 0.5) is 0 Å². The van der Waals surface area contributed by atoms with E-state index in [1.165, 1.54) is 25.1 Å². The van der Waals surface area contributed by atoms with Gasteiger partial charge in [0.15, 0.2) is 5.75 Å². The van der Waals surface area contributed by atoms with Crippen LogP contribution < -0.4 is 4.89 Å². The van der Waals surface area contributed by atoms with Gasteiger partial charge < -0.3 is 4.89 Å². The van der Waals surface area contributed by atoms with Crippen molar-refractivity contribution >= 4 is 63.2 Å². The summed E-state index contributed by atoms with van der Waals surface area (Å²) in [4.78, 5) is 4.51. The molecular formula is C8H9Cl2NaO5S. The van der Waals surface area contributed by atoms with Gasteiger partial charge in [-0.25, -0.2) is 4.18 Å². The quantitative estimate of drug-likeness (QED) is 0.472. The number of benzene rings is 1. The van der Waals surface area contributed by atoms with Crippen LogP contribution in [-0.4, -0.2) is 44.6 Å². The second-order valence-electron chi connectivity index (χ2n) is 2.54. The first-order valence-corrected chi connectivity index (χ1v) is 6.24. The van der Waals surface area contributed by atoms with Crippen molar-refractivity contribution in [1.82, 2.24) is 0 Å². The van der Waals surface area contributed by atoms with Gasteiger partial charge in [-0.1, -0.05) is 23.2 Å². The molecule has 0 N–H and O–H groups in total. The molecule has 0 aromatic heterocycles. The van der Waals surface area contributed by atoms with E-state index in [2.05, 4.69) is 13.4 Å². The Kier molecular flexibility index (Phi) is 8.02. The Balaban J connectivity index is 0.00000256. The summed E-state index contributed by atoms with van der Waals surface area (Å²) >= 11 is 11.3. The Labute approximate surface area is 131 Å². The monoisotopic (exact) mass is 310 g/mol. The molecule has 0 bridgehead atoms. The third kappa shape index (κ3) is 6.26. The fraction of sp³-hybridized carbons (Fsp3) is 0.250. The van der Waals surface area contributed by atoms with Gasteiger partial charge in [0.2, 0.25) is 0 Å². The molecule has 0 aliphatic carbocycles. The van der Waals surface area contributed by atoms with Gasteiger partial charge >= 0.3 is 40.0 Å². The van der Waals surface area contributed by atoms with Crippen LogP contribution in [0.5, 0.6) is 5.75 Å². The third-order valence-corrected chi connectivity index (χ3v) is 2.65. The fourth-order valence-electron chi connectivity index (χ4n) is 0.785. The summed E-state index contributed by atoms with van der Waals surface area (Å²) in [6.07, 6.45) is 0. The van der Waals surface area contributed by atoms with Crippen LogP contribution >= 0.6 is 23.2 Å². The Hall–Kier alpha value is 0.470. The summed E-state index contributed by atoms with van der Waals surface area (Å²) in [5.41, 5.74) is 0. The molecule has 9 heteroatoms. The van der Waals surface area contributed by atoms with E-state index in [9.17, 15) is 8.42 Å². The van der Waals surface area contributed by atoms with E-state index < -0.39 is 10.4 Å². The van der Waals surface area contributed by atoms with E-state index in [4.69, 9.17) is 23.2 Å². The van der Waals surface area contributed by atoms with Gasteiger partial charge in [0, 0.05) is 5.02 Å². The molecule has 0 aliphatic heterocycles. The molecule has 5 nitrogen and oxygen atoms in total. The Morgan fingerprint density at radius 3 is 2.47 bits per heavy atom. The Bertz CT molecular complexity index is 465. The number of rotatable bonds is 5. The molecule has 17 heavy (non-hydrogen) atoms. The van der Waals surface area contributed by atoms with Gasteiger partial charge in [-0.2, -0.15) is 8.42 Å². The average Bonchev–Trinajstić information content (AvgIpc) is 2.16. The van der Waals surface area contributed by atoms with Crippen LogP contribution in [-0.2, 0) is 18.9 Å². The van der Waals surface area contributed by atoms with Crippen molar-refractivity contribution < 1.29 is 21.8 Å². The second kappa shape index (κ2) is 7.81. The standard InChI is InChI=1S/C8H8Cl2O5S.Na.H/c1-2-13-16(11,12)15-14-8-4-3-6(9)5-7(8)10;;/h3-5H,2H2,1H3;;. The zero-order valence-electron chi connectivity index (χ0n) is 8.14. The zero-order valence-corrected chi connectivity index (χ0v) is 10.5. The van der Waals surface area contributed by atoms with Crippen LogP contribution in [0.2, 0.25) is 10.0 Å². The van der Waals surface area contributed by atoms with Crippen LogP contribution in [0.15, 0.2) is 18.2 Å². The van der Waals surface area contributed by atoms with Crippen LogP contribution in [0.1, 0.15) is 6.92 Å². The van der Waals surface area contributed by atoms with Gasteiger partial charge in [0.1, 0.15) is 0 Å². The normalized spacial score (nSPS) is 10.8. The van der Waals surface area contributed by atoms with Gasteiger partial charge in [-0.3, -0.25) is 0 Å². The van der Waals surface area contributed by atoms with Crippen molar-refractivity contribution in [3.8, 4) is 5.75 Å². The molecule has 1 aromatic carbocycles. The summed E-state index contributed by atoms with van der Waals surface area (Å²) in [6.45, 7) is 1.44. The summed E-state index contributed by atoms with van der Waals surface area (Å²) in [5.74, 6) is 0.0225. The molecule has 0 spiro atoms. The minimum absolute atomic E-state index is 0. The molecule has 0 radical (unpaired) electrons. The van der Waals surface area contributed by atoms with Gasteiger partial charge in [0.25, 0.3) is 0 Å². The first-order chi connectivity index (χ1) is 7.44. The fourth-order valence-corrected chi connectivity index (χ4v) is 1.71. The topological polar surface area (TPSA) is 61.8 Å². The minimum atomic E-state index is -4.17. The molecule has 0 aliphatic rings. The predicted octanol–water partition coefficient (Wildman–Crippen LogP) is 1.94. The second-order valence-corrected chi connectivity index (χ2v) is 4.57. The molecule has 0 saturated carbocycles. The molecule has 0 fully saturated rings. The molecule has 0 amide bonds. The van der Waals surface area contributed by atoms with E-state index in [0.717, 1.165) is 0 Å². The van der Waals surface area contributed by atoms with E-state index in [1.54, 1.807) is 0 Å². The summed E-state index contributed by atoms with van der Waals surface area (Å²) in [5, 5.41) is 0.518.